The monoisotopic (exact) mass is 284 g/mol. The summed E-state index contributed by atoms with van der Waals surface area (Å²) >= 11 is 0. The molecular weight excluding hydrogens is 272 g/mol. The molecule has 0 unspecified atom stereocenters. The number of nitrogens with zero attached hydrogens (tertiary/aromatic N) is 2. The number of aryl methyl sites for hydroxylation is 1. The summed E-state index contributed by atoms with van der Waals surface area (Å²) in [6.07, 6.45) is 2.74. The molecule has 6 nitrogen and oxygen atoms in total. The van der Waals surface area contributed by atoms with Gasteiger partial charge in [-0.1, -0.05) is 18.2 Å². The first-order valence-corrected chi connectivity index (χ1v) is 6.29. The smallest absolute Gasteiger partial charge is 0.340 e. The summed E-state index contributed by atoms with van der Waals surface area (Å²) in [6.45, 7) is 1.89. The number of benzene rings is 1. The van der Waals surface area contributed by atoms with Gasteiger partial charge in [-0.3, -0.25) is 4.98 Å². The molecule has 21 heavy (non-hydrogen) atoms. The highest BCUT2D eigenvalue weighted by molar-refractivity contribution is 6.04. The summed E-state index contributed by atoms with van der Waals surface area (Å²) < 4.78 is 10.6. The van der Waals surface area contributed by atoms with Gasteiger partial charge < -0.3 is 14.3 Å². The lowest BCUT2D eigenvalue weighted by Gasteiger charge is -2.10. The zero-order valence-electron chi connectivity index (χ0n) is 11.2. The van der Waals surface area contributed by atoms with Crippen LogP contribution in [0.5, 0.6) is 5.75 Å². The van der Waals surface area contributed by atoms with E-state index >= 15 is 0 Å². The molecule has 0 radical (unpaired) electrons. The van der Waals surface area contributed by atoms with Crippen molar-refractivity contribution < 1.29 is 19.1 Å². The molecule has 0 fully saturated rings. The minimum Gasteiger partial charge on any atom is -0.485 e. The quantitative estimate of drug-likeness (QED) is 0.792. The molecule has 0 aliphatic rings. The van der Waals surface area contributed by atoms with Gasteiger partial charge in [-0.2, -0.15) is 0 Å². The number of ether oxygens (including phenoxy) is 1. The third-order valence-corrected chi connectivity index (χ3v) is 3.16. The van der Waals surface area contributed by atoms with Crippen molar-refractivity contribution in [1.29, 1.82) is 0 Å². The van der Waals surface area contributed by atoms with Gasteiger partial charge in [-0.25, -0.2) is 9.78 Å². The van der Waals surface area contributed by atoms with E-state index < -0.39 is 5.97 Å². The maximum Gasteiger partial charge on any atom is 0.340 e. The third-order valence-electron chi connectivity index (χ3n) is 3.16. The van der Waals surface area contributed by atoms with E-state index in [0.717, 1.165) is 0 Å². The Balaban J connectivity index is 2.00. The molecule has 3 aromatic rings. The van der Waals surface area contributed by atoms with Gasteiger partial charge in [0.15, 0.2) is 12.1 Å². The molecule has 6 heteroatoms. The Morgan fingerprint density at radius 2 is 2.14 bits per heavy atom. The maximum absolute atomic E-state index is 11.5. The maximum atomic E-state index is 11.5. The molecule has 0 atom stereocenters. The first kappa shape index (κ1) is 13.1. The normalized spacial score (nSPS) is 10.7. The third kappa shape index (κ3) is 2.43. The highest BCUT2D eigenvalue weighted by Gasteiger charge is 2.17. The van der Waals surface area contributed by atoms with Gasteiger partial charge in [-0.05, 0) is 13.0 Å². The van der Waals surface area contributed by atoms with Crippen LogP contribution in [0.3, 0.4) is 0 Å². The average molecular weight is 284 g/mol. The molecule has 0 spiro atoms. The van der Waals surface area contributed by atoms with Crippen LogP contribution in [0.25, 0.3) is 10.9 Å². The van der Waals surface area contributed by atoms with Gasteiger partial charge in [0.1, 0.15) is 23.6 Å². The van der Waals surface area contributed by atoms with E-state index in [-0.39, 0.29) is 17.9 Å². The number of carbonyl (C=O) groups is 1. The Morgan fingerprint density at radius 3 is 2.86 bits per heavy atom. The lowest BCUT2D eigenvalue weighted by atomic mass is 10.1. The van der Waals surface area contributed by atoms with Gasteiger partial charge in [-0.15, -0.1) is 0 Å². The number of hydrogen-bond donors (Lipinski definition) is 1. The Kier molecular flexibility index (Phi) is 3.27. The molecule has 106 valence electrons. The van der Waals surface area contributed by atoms with E-state index in [9.17, 15) is 9.90 Å². The highest BCUT2D eigenvalue weighted by atomic mass is 16.5. The molecule has 0 aliphatic heterocycles. The van der Waals surface area contributed by atoms with Crippen LogP contribution in [0.15, 0.2) is 41.3 Å². The number of carboxylic acids is 1. The van der Waals surface area contributed by atoms with E-state index in [0.29, 0.717) is 22.4 Å². The minimum atomic E-state index is -1.06. The summed E-state index contributed by atoms with van der Waals surface area (Å²) in [5, 5.41) is 9.97. The van der Waals surface area contributed by atoms with Crippen LogP contribution in [0.1, 0.15) is 21.8 Å². The van der Waals surface area contributed by atoms with E-state index in [2.05, 4.69) is 9.97 Å². The molecule has 3 rings (SSSR count). The second kappa shape index (κ2) is 5.24. The molecule has 0 saturated heterocycles. The second-order valence-corrected chi connectivity index (χ2v) is 4.46. The molecule has 1 N–H and O–H groups in total. The lowest BCUT2D eigenvalue weighted by Crippen LogP contribution is -2.06. The van der Waals surface area contributed by atoms with Gasteiger partial charge in [0, 0.05) is 5.39 Å². The largest absolute Gasteiger partial charge is 0.485 e. The van der Waals surface area contributed by atoms with E-state index in [1.165, 1.54) is 12.6 Å². The van der Waals surface area contributed by atoms with Gasteiger partial charge >= 0.3 is 5.97 Å². The van der Waals surface area contributed by atoms with E-state index in [4.69, 9.17) is 9.15 Å². The van der Waals surface area contributed by atoms with Crippen molar-refractivity contribution in [2.75, 3.05) is 0 Å². The van der Waals surface area contributed by atoms with Crippen molar-refractivity contribution in [1.82, 2.24) is 9.97 Å². The van der Waals surface area contributed by atoms with Crippen LogP contribution in [-0.2, 0) is 6.61 Å². The fourth-order valence-electron chi connectivity index (χ4n) is 2.07. The number of oxazole rings is 1. The summed E-state index contributed by atoms with van der Waals surface area (Å²) in [6, 6.07) is 7.04. The van der Waals surface area contributed by atoms with Crippen LogP contribution in [0.2, 0.25) is 0 Å². The first-order chi connectivity index (χ1) is 10.2. The zero-order chi connectivity index (χ0) is 14.8. The number of pyridine rings is 1. The molecule has 0 amide bonds. The van der Waals surface area contributed by atoms with Crippen LogP contribution >= 0.6 is 0 Å². The Labute approximate surface area is 120 Å². The summed E-state index contributed by atoms with van der Waals surface area (Å²) in [5.74, 6) is -0.204. The van der Waals surface area contributed by atoms with Crippen LogP contribution < -0.4 is 4.74 Å². The SMILES string of the molecule is Cc1ocnc1COc1cnc2ccccc2c1C(=O)O. The van der Waals surface area contributed by atoms with Gasteiger partial charge in [0.2, 0.25) is 0 Å². The fourth-order valence-corrected chi connectivity index (χ4v) is 2.07. The van der Waals surface area contributed by atoms with Crippen LogP contribution in [-0.4, -0.2) is 21.0 Å². The molecule has 0 bridgehead atoms. The number of carboxylic acid groups (broad SMARTS) is 1. The summed E-state index contributed by atoms with van der Waals surface area (Å²) in [4.78, 5) is 19.7. The molecule has 1 aromatic carbocycles. The molecule has 2 aromatic heterocycles. The number of hydrogen-bond acceptors (Lipinski definition) is 5. The van der Waals surface area contributed by atoms with E-state index in [1.54, 1.807) is 31.2 Å². The fraction of sp³-hybridized carbons (Fsp3) is 0.133. The van der Waals surface area contributed by atoms with Crippen molar-refractivity contribution in [3.05, 3.63) is 53.9 Å². The van der Waals surface area contributed by atoms with Crippen molar-refractivity contribution in [3.63, 3.8) is 0 Å². The second-order valence-electron chi connectivity index (χ2n) is 4.46. The van der Waals surface area contributed by atoms with Crippen molar-refractivity contribution in [2.45, 2.75) is 13.5 Å². The number of fused-ring (bicyclic) bond motifs is 1. The minimum absolute atomic E-state index is 0.0988. The Morgan fingerprint density at radius 1 is 1.33 bits per heavy atom. The number of para-hydroxylation sites is 1. The van der Waals surface area contributed by atoms with E-state index in [1.807, 2.05) is 0 Å². The topological polar surface area (TPSA) is 85.5 Å². The Bertz CT molecular complexity index is 810. The van der Waals surface area contributed by atoms with Gasteiger partial charge in [0.05, 0.1) is 11.7 Å². The van der Waals surface area contributed by atoms with Crippen LogP contribution in [0.4, 0.5) is 0 Å². The van der Waals surface area contributed by atoms with Crippen LogP contribution in [0, 0.1) is 6.92 Å². The summed E-state index contributed by atoms with van der Waals surface area (Å²) in [5.41, 5.74) is 1.33. The zero-order valence-corrected chi connectivity index (χ0v) is 11.2. The standard InChI is InChI=1S/C15H12N2O4/c1-9-12(17-8-21-9)7-20-13-6-16-11-5-3-2-4-10(11)14(13)15(18)19/h2-6,8H,7H2,1H3,(H,18,19). The lowest BCUT2D eigenvalue weighted by molar-refractivity contribution is 0.0694. The summed E-state index contributed by atoms with van der Waals surface area (Å²) in [7, 11) is 0. The molecule has 0 aliphatic carbocycles. The molecule has 0 saturated carbocycles. The predicted molar refractivity (Wildman–Crippen MR) is 74.3 cm³/mol. The average Bonchev–Trinajstić information content (AvgIpc) is 2.89. The number of aromatic carboxylic acids is 1. The van der Waals surface area contributed by atoms with Crippen molar-refractivity contribution in [3.8, 4) is 5.75 Å². The number of aromatic nitrogens is 2. The Hall–Kier alpha value is -2.89. The van der Waals surface area contributed by atoms with Crippen molar-refractivity contribution >= 4 is 16.9 Å². The van der Waals surface area contributed by atoms with Gasteiger partial charge in [0.25, 0.3) is 0 Å². The molecule has 2 heterocycles. The predicted octanol–water partition coefficient (Wildman–Crippen LogP) is 2.81. The highest BCUT2D eigenvalue weighted by Crippen LogP contribution is 2.27. The molecular formula is C15H12N2O4. The number of rotatable bonds is 4. The van der Waals surface area contributed by atoms with Crippen molar-refractivity contribution in [2.24, 2.45) is 0 Å². The first-order valence-electron chi connectivity index (χ1n) is 6.29.